The summed E-state index contributed by atoms with van der Waals surface area (Å²) in [5.41, 5.74) is 0.448. The Balaban J connectivity index is 2.41. The minimum absolute atomic E-state index is 0.283. The van der Waals surface area contributed by atoms with Crippen LogP contribution in [0.15, 0.2) is 6.07 Å². The second-order valence-electron chi connectivity index (χ2n) is 6.26. The van der Waals surface area contributed by atoms with Crippen molar-refractivity contribution in [2.24, 2.45) is 0 Å². The fourth-order valence-corrected chi connectivity index (χ4v) is 1.61. The Hall–Kier alpha value is -1.85. The zero-order chi connectivity index (χ0) is 16.0. The average Bonchev–Trinajstić information content (AvgIpc) is 2.31. The van der Waals surface area contributed by atoms with Crippen LogP contribution in [0.25, 0.3) is 0 Å². The fourth-order valence-electron chi connectivity index (χ4n) is 1.61. The number of aromatic nitrogens is 2. The molecule has 2 N–H and O–H groups in total. The van der Waals surface area contributed by atoms with E-state index < -0.39 is 11.7 Å². The molecule has 1 amide bonds. The summed E-state index contributed by atoms with van der Waals surface area (Å²) in [4.78, 5) is 20.3. The molecule has 1 rings (SSSR count). The molecule has 21 heavy (non-hydrogen) atoms. The number of ether oxygens (including phenoxy) is 1. The minimum Gasteiger partial charge on any atom is -0.444 e. The highest BCUT2D eigenvalue weighted by Gasteiger charge is 2.15. The Kier molecular flexibility index (Phi) is 5.93. The van der Waals surface area contributed by atoms with Gasteiger partial charge in [-0.15, -0.1) is 0 Å². The van der Waals surface area contributed by atoms with E-state index in [0.717, 1.165) is 17.3 Å². The van der Waals surface area contributed by atoms with Crippen molar-refractivity contribution in [2.45, 2.75) is 53.1 Å². The van der Waals surface area contributed by atoms with Crippen LogP contribution < -0.4 is 10.6 Å². The van der Waals surface area contributed by atoms with Gasteiger partial charge in [-0.25, -0.2) is 14.8 Å². The number of rotatable bonds is 5. The largest absolute Gasteiger partial charge is 0.444 e. The Morgan fingerprint density at radius 1 is 1.29 bits per heavy atom. The van der Waals surface area contributed by atoms with Crippen LogP contribution >= 0.6 is 0 Å². The third kappa shape index (κ3) is 6.92. The summed E-state index contributed by atoms with van der Waals surface area (Å²) in [6, 6.07) is 1.89. The molecule has 1 aromatic rings. The third-order valence-corrected chi connectivity index (χ3v) is 2.49. The number of anilines is 1. The van der Waals surface area contributed by atoms with Gasteiger partial charge in [0.2, 0.25) is 0 Å². The molecule has 0 bridgehead atoms. The molecule has 6 nitrogen and oxygen atoms in total. The molecule has 0 radical (unpaired) electrons. The van der Waals surface area contributed by atoms with Crippen molar-refractivity contribution in [2.75, 3.05) is 18.4 Å². The highest BCUT2D eigenvalue weighted by molar-refractivity contribution is 5.67. The topological polar surface area (TPSA) is 76.1 Å². The predicted octanol–water partition coefficient (Wildman–Crippen LogP) is 2.85. The molecule has 6 heteroatoms. The number of carbonyl (C=O) groups excluding carboxylic acids is 1. The standard InChI is InChI=1S/C15H26N4O2/c1-10(2)13-18-11(3)9-12(19-13)16-7-8-17-14(20)21-15(4,5)6/h9-10H,7-8H2,1-6H3,(H,17,20)(H,16,18,19). The first-order chi connectivity index (χ1) is 9.67. The van der Waals surface area contributed by atoms with Crippen LogP contribution in [0.2, 0.25) is 0 Å². The van der Waals surface area contributed by atoms with Crippen LogP contribution in [0.1, 0.15) is 52.1 Å². The Morgan fingerprint density at radius 3 is 2.52 bits per heavy atom. The van der Waals surface area contributed by atoms with Gasteiger partial charge < -0.3 is 15.4 Å². The Morgan fingerprint density at radius 2 is 1.95 bits per heavy atom. The van der Waals surface area contributed by atoms with E-state index >= 15 is 0 Å². The number of carbonyl (C=O) groups is 1. The summed E-state index contributed by atoms with van der Waals surface area (Å²) in [6.45, 7) is 12.6. The molecule has 0 aliphatic carbocycles. The van der Waals surface area contributed by atoms with Crippen LogP contribution in [0.4, 0.5) is 10.6 Å². The van der Waals surface area contributed by atoms with E-state index in [4.69, 9.17) is 4.74 Å². The van der Waals surface area contributed by atoms with Gasteiger partial charge in [0.05, 0.1) is 0 Å². The van der Waals surface area contributed by atoms with Crippen LogP contribution in [0.5, 0.6) is 0 Å². The van der Waals surface area contributed by atoms with Crippen molar-refractivity contribution in [3.05, 3.63) is 17.6 Å². The second-order valence-corrected chi connectivity index (χ2v) is 6.26. The molecule has 0 atom stereocenters. The number of nitrogens with one attached hydrogen (secondary N) is 2. The molecule has 0 spiro atoms. The maximum absolute atomic E-state index is 11.5. The van der Waals surface area contributed by atoms with E-state index in [1.165, 1.54) is 0 Å². The lowest BCUT2D eigenvalue weighted by Crippen LogP contribution is -2.35. The van der Waals surface area contributed by atoms with E-state index in [1.54, 1.807) is 0 Å². The van der Waals surface area contributed by atoms with Gasteiger partial charge in [-0.2, -0.15) is 0 Å². The van der Waals surface area contributed by atoms with Gasteiger partial charge in [-0.3, -0.25) is 0 Å². The normalized spacial score (nSPS) is 11.4. The van der Waals surface area contributed by atoms with Gasteiger partial charge in [0.15, 0.2) is 0 Å². The molecule has 0 aromatic carbocycles. The van der Waals surface area contributed by atoms with Gasteiger partial charge in [0.1, 0.15) is 17.2 Å². The molecule has 1 aromatic heterocycles. The Bertz CT molecular complexity index is 481. The molecule has 0 saturated heterocycles. The number of hydrogen-bond donors (Lipinski definition) is 2. The highest BCUT2D eigenvalue weighted by atomic mass is 16.6. The van der Waals surface area contributed by atoms with Gasteiger partial charge in [-0.1, -0.05) is 13.8 Å². The van der Waals surface area contributed by atoms with Crippen molar-refractivity contribution >= 4 is 11.9 Å². The zero-order valence-corrected chi connectivity index (χ0v) is 13.8. The van der Waals surface area contributed by atoms with Crippen LogP contribution in [-0.4, -0.2) is 34.8 Å². The summed E-state index contributed by atoms with van der Waals surface area (Å²) < 4.78 is 5.16. The van der Waals surface area contributed by atoms with Crippen LogP contribution in [0.3, 0.4) is 0 Å². The van der Waals surface area contributed by atoms with E-state index in [-0.39, 0.29) is 5.92 Å². The highest BCUT2D eigenvalue weighted by Crippen LogP contribution is 2.13. The van der Waals surface area contributed by atoms with Crippen molar-refractivity contribution in [3.8, 4) is 0 Å². The van der Waals surface area contributed by atoms with Crippen LogP contribution in [0, 0.1) is 6.92 Å². The quantitative estimate of drug-likeness (QED) is 0.817. The van der Waals surface area contributed by atoms with Gasteiger partial charge in [-0.05, 0) is 27.7 Å². The molecule has 0 saturated carbocycles. The monoisotopic (exact) mass is 294 g/mol. The fraction of sp³-hybridized carbons (Fsp3) is 0.667. The number of nitrogens with zero attached hydrogens (tertiary/aromatic N) is 2. The maximum Gasteiger partial charge on any atom is 0.407 e. The van der Waals surface area contributed by atoms with Crippen molar-refractivity contribution in [1.29, 1.82) is 0 Å². The zero-order valence-electron chi connectivity index (χ0n) is 13.8. The van der Waals surface area contributed by atoms with Crippen LogP contribution in [-0.2, 0) is 4.74 Å². The molecule has 0 aliphatic rings. The van der Waals surface area contributed by atoms with Crippen molar-refractivity contribution < 1.29 is 9.53 Å². The van der Waals surface area contributed by atoms with E-state index in [9.17, 15) is 4.79 Å². The first-order valence-electron chi connectivity index (χ1n) is 7.23. The lowest BCUT2D eigenvalue weighted by atomic mass is 10.2. The van der Waals surface area contributed by atoms with Gasteiger partial charge in [0.25, 0.3) is 0 Å². The first-order valence-corrected chi connectivity index (χ1v) is 7.23. The van der Waals surface area contributed by atoms with Gasteiger partial charge in [0, 0.05) is 30.8 Å². The molecule has 0 fully saturated rings. The van der Waals surface area contributed by atoms with E-state index in [0.29, 0.717) is 13.1 Å². The number of hydrogen-bond acceptors (Lipinski definition) is 5. The van der Waals surface area contributed by atoms with Gasteiger partial charge >= 0.3 is 6.09 Å². The maximum atomic E-state index is 11.5. The molecule has 1 heterocycles. The molecule has 118 valence electrons. The summed E-state index contributed by atoms with van der Waals surface area (Å²) >= 11 is 0. The van der Waals surface area contributed by atoms with E-state index in [1.807, 2.05) is 33.8 Å². The second kappa shape index (κ2) is 7.24. The molecular weight excluding hydrogens is 268 g/mol. The number of alkyl carbamates (subject to hydrolysis) is 1. The lowest BCUT2D eigenvalue weighted by Gasteiger charge is -2.19. The molecule has 0 aliphatic heterocycles. The minimum atomic E-state index is -0.479. The third-order valence-electron chi connectivity index (χ3n) is 2.49. The summed E-state index contributed by atoms with van der Waals surface area (Å²) in [6.07, 6.45) is -0.411. The van der Waals surface area contributed by atoms with E-state index in [2.05, 4.69) is 34.4 Å². The summed E-state index contributed by atoms with van der Waals surface area (Å²) in [5.74, 6) is 1.88. The van der Waals surface area contributed by atoms with Crippen molar-refractivity contribution in [1.82, 2.24) is 15.3 Å². The summed E-state index contributed by atoms with van der Waals surface area (Å²) in [5, 5.41) is 5.87. The Labute approximate surface area is 126 Å². The average molecular weight is 294 g/mol. The lowest BCUT2D eigenvalue weighted by molar-refractivity contribution is 0.0530. The summed E-state index contributed by atoms with van der Waals surface area (Å²) in [7, 11) is 0. The smallest absolute Gasteiger partial charge is 0.407 e. The molecule has 0 unspecified atom stereocenters. The number of aryl methyl sites for hydroxylation is 1. The predicted molar refractivity (Wildman–Crippen MR) is 83.6 cm³/mol. The molecular formula is C15H26N4O2. The SMILES string of the molecule is Cc1cc(NCCNC(=O)OC(C)(C)C)nc(C(C)C)n1. The first kappa shape index (κ1) is 17.2. The number of amides is 1. The van der Waals surface area contributed by atoms with Crippen molar-refractivity contribution in [3.63, 3.8) is 0 Å².